The first-order valence-corrected chi connectivity index (χ1v) is 14.9. The van der Waals surface area contributed by atoms with Crippen LogP contribution in [0, 0.1) is 0 Å². The van der Waals surface area contributed by atoms with Gasteiger partial charge < -0.3 is 10.2 Å². The van der Waals surface area contributed by atoms with Crippen molar-refractivity contribution in [3.63, 3.8) is 0 Å². The van der Waals surface area contributed by atoms with Gasteiger partial charge in [0.1, 0.15) is 12.6 Å². The van der Waals surface area contributed by atoms with Crippen molar-refractivity contribution in [2.24, 2.45) is 0 Å². The molecule has 0 aliphatic carbocycles. The minimum absolute atomic E-state index is 0.0335. The summed E-state index contributed by atoms with van der Waals surface area (Å²) in [5, 5.41) is 3.88. The summed E-state index contributed by atoms with van der Waals surface area (Å²) >= 11 is 18.8. The molecule has 0 saturated heterocycles. The van der Waals surface area contributed by atoms with E-state index in [4.69, 9.17) is 34.8 Å². The molecule has 0 heterocycles. The summed E-state index contributed by atoms with van der Waals surface area (Å²) in [7, 11) is -4.19. The van der Waals surface area contributed by atoms with Gasteiger partial charge in [-0.3, -0.25) is 13.9 Å². The lowest BCUT2D eigenvalue weighted by Crippen LogP contribution is -2.53. The fourth-order valence-electron chi connectivity index (χ4n) is 4.01. The molecule has 0 aromatic heterocycles. The Morgan fingerprint density at radius 1 is 0.872 bits per heavy atom. The number of para-hydroxylation sites is 1. The van der Waals surface area contributed by atoms with Crippen LogP contribution in [0.25, 0.3) is 0 Å². The number of halogens is 3. The standard InChI is InChI=1S/C28H30Cl3N3O4S/c1-4-26(28(36)32-19(2)3)33(17-23-24(30)11-8-12-25(23)31)27(35)18-34(21-9-6-5-7-10-21)39(37,38)22-15-13-20(29)14-16-22/h5-16,19,26H,4,17-18H2,1-3H3,(H,32,36)/t26-/m1/s1. The summed E-state index contributed by atoms with van der Waals surface area (Å²) in [6.07, 6.45) is 0.279. The van der Waals surface area contributed by atoms with Crippen LogP contribution in [0.1, 0.15) is 32.8 Å². The molecule has 0 aliphatic heterocycles. The molecule has 3 aromatic carbocycles. The average molecular weight is 611 g/mol. The van der Waals surface area contributed by atoms with Crippen molar-refractivity contribution in [1.82, 2.24) is 10.2 Å². The first-order chi connectivity index (χ1) is 18.4. The molecule has 11 heteroatoms. The van der Waals surface area contributed by atoms with E-state index in [1.165, 1.54) is 29.2 Å². The van der Waals surface area contributed by atoms with E-state index in [0.717, 1.165) is 4.31 Å². The summed E-state index contributed by atoms with van der Waals surface area (Å²) < 4.78 is 28.6. The summed E-state index contributed by atoms with van der Waals surface area (Å²) in [4.78, 5) is 28.5. The molecule has 39 heavy (non-hydrogen) atoms. The molecule has 0 saturated carbocycles. The second kappa shape index (κ2) is 13.5. The second-order valence-corrected chi connectivity index (χ2v) is 12.2. The number of carbonyl (C=O) groups is 2. The maximum Gasteiger partial charge on any atom is 0.264 e. The Balaban J connectivity index is 2.08. The number of nitrogens with zero attached hydrogens (tertiary/aromatic N) is 2. The third kappa shape index (κ3) is 7.66. The minimum atomic E-state index is -4.19. The fourth-order valence-corrected chi connectivity index (χ4v) is 6.07. The molecule has 7 nitrogen and oxygen atoms in total. The molecule has 3 aromatic rings. The molecule has 0 radical (unpaired) electrons. The van der Waals surface area contributed by atoms with Gasteiger partial charge >= 0.3 is 0 Å². The molecule has 2 amide bonds. The predicted molar refractivity (Wildman–Crippen MR) is 157 cm³/mol. The van der Waals surface area contributed by atoms with Gasteiger partial charge in [0.15, 0.2) is 0 Å². The quantitative estimate of drug-likeness (QED) is 0.281. The van der Waals surface area contributed by atoms with E-state index in [9.17, 15) is 18.0 Å². The van der Waals surface area contributed by atoms with Crippen LogP contribution in [0.15, 0.2) is 77.7 Å². The lowest BCUT2D eigenvalue weighted by Gasteiger charge is -2.34. The molecule has 0 spiro atoms. The number of rotatable bonds is 11. The number of amides is 2. The molecule has 1 atom stereocenters. The van der Waals surface area contributed by atoms with Crippen LogP contribution >= 0.6 is 34.8 Å². The smallest absolute Gasteiger partial charge is 0.264 e. The summed E-state index contributed by atoms with van der Waals surface area (Å²) in [6, 6.07) is 17.9. The van der Waals surface area contributed by atoms with E-state index in [0.29, 0.717) is 20.6 Å². The maximum absolute atomic E-state index is 14.0. The molecule has 1 N–H and O–H groups in total. The molecular formula is C28H30Cl3N3O4S. The van der Waals surface area contributed by atoms with Crippen LogP contribution in [-0.4, -0.2) is 43.8 Å². The zero-order valence-electron chi connectivity index (χ0n) is 21.8. The normalized spacial score (nSPS) is 12.2. The molecule has 0 fully saturated rings. The predicted octanol–water partition coefficient (Wildman–Crippen LogP) is 6.17. The Kier molecular flexibility index (Phi) is 10.7. The van der Waals surface area contributed by atoms with Crippen molar-refractivity contribution in [3.05, 3.63) is 93.4 Å². The van der Waals surface area contributed by atoms with Crippen LogP contribution < -0.4 is 9.62 Å². The molecule has 0 bridgehead atoms. The number of benzene rings is 3. The largest absolute Gasteiger partial charge is 0.352 e. The first kappa shape index (κ1) is 30.8. The Bertz CT molecular complexity index is 1380. The SMILES string of the molecule is CC[C@H](C(=O)NC(C)C)N(Cc1c(Cl)cccc1Cl)C(=O)CN(c1ccccc1)S(=O)(=O)c1ccc(Cl)cc1. The number of carbonyl (C=O) groups excluding carboxylic acids is 2. The van der Waals surface area contributed by atoms with Gasteiger partial charge in [-0.05, 0) is 68.8 Å². The van der Waals surface area contributed by atoms with Crippen molar-refractivity contribution in [2.75, 3.05) is 10.8 Å². The Labute approximate surface area is 244 Å². The Morgan fingerprint density at radius 2 is 1.46 bits per heavy atom. The second-order valence-electron chi connectivity index (χ2n) is 9.11. The molecule has 3 rings (SSSR count). The van der Waals surface area contributed by atoms with Crippen LogP contribution in [0.2, 0.25) is 15.1 Å². The Hall–Kier alpha value is -2.78. The third-order valence-electron chi connectivity index (χ3n) is 5.93. The van der Waals surface area contributed by atoms with Gasteiger partial charge in [-0.1, -0.05) is 66.0 Å². The maximum atomic E-state index is 14.0. The monoisotopic (exact) mass is 609 g/mol. The summed E-state index contributed by atoms with van der Waals surface area (Å²) in [5.74, 6) is -0.964. The van der Waals surface area contributed by atoms with Crippen molar-refractivity contribution in [3.8, 4) is 0 Å². The number of nitrogens with one attached hydrogen (secondary N) is 1. The number of anilines is 1. The van der Waals surface area contributed by atoms with Gasteiger partial charge in [0.05, 0.1) is 10.6 Å². The van der Waals surface area contributed by atoms with Gasteiger partial charge in [-0.25, -0.2) is 8.42 Å². The topological polar surface area (TPSA) is 86.8 Å². The van der Waals surface area contributed by atoms with E-state index >= 15 is 0 Å². The molecular weight excluding hydrogens is 581 g/mol. The van der Waals surface area contributed by atoms with Gasteiger partial charge in [0, 0.05) is 33.2 Å². The van der Waals surface area contributed by atoms with Gasteiger partial charge in [0.25, 0.3) is 10.0 Å². The van der Waals surface area contributed by atoms with E-state index in [1.54, 1.807) is 55.5 Å². The summed E-state index contributed by atoms with van der Waals surface area (Å²) in [5.41, 5.74) is 0.744. The van der Waals surface area contributed by atoms with E-state index < -0.39 is 28.5 Å². The van der Waals surface area contributed by atoms with Crippen molar-refractivity contribution >= 4 is 62.3 Å². The highest BCUT2D eigenvalue weighted by atomic mass is 35.5. The average Bonchev–Trinajstić information content (AvgIpc) is 2.89. The lowest BCUT2D eigenvalue weighted by atomic mass is 10.1. The van der Waals surface area contributed by atoms with Crippen molar-refractivity contribution < 1.29 is 18.0 Å². The van der Waals surface area contributed by atoms with Crippen LogP contribution in [0.4, 0.5) is 5.69 Å². The van der Waals surface area contributed by atoms with Gasteiger partial charge in [0.2, 0.25) is 11.8 Å². The zero-order valence-corrected chi connectivity index (χ0v) is 24.9. The van der Waals surface area contributed by atoms with E-state index in [1.807, 2.05) is 13.8 Å². The van der Waals surface area contributed by atoms with Crippen molar-refractivity contribution in [1.29, 1.82) is 0 Å². The minimum Gasteiger partial charge on any atom is -0.352 e. The van der Waals surface area contributed by atoms with E-state index in [-0.39, 0.29) is 35.5 Å². The Morgan fingerprint density at radius 3 is 2.00 bits per heavy atom. The molecule has 0 aliphatic rings. The lowest BCUT2D eigenvalue weighted by molar-refractivity contribution is -0.140. The highest BCUT2D eigenvalue weighted by molar-refractivity contribution is 7.92. The highest BCUT2D eigenvalue weighted by Gasteiger charge is 2.34. The molecule has 0 unspecified atom stereocenters. The third-order valence-corrected chi connectivity index (χ3v) is 8.68. The fraction of sp³-hybridized carbons (Fsp3) is 0.286. The number of sulfonamides is 1. The van der Waals surface area contributed by atoms with Crippen LogP contribution in [0.3, 0.4) is 0 Å². The van der Waals surface area contributed by atoms with Crippen molar-refractivity contribution in [2.45, 2.75) is 50.7 Å². The number of hydrogen-bond acceptors (Lipinski definition) is 4. The first-order valence-electron chi connectivity index (χ1n) is 12.3. The van der Waals surface area contributed by atoms with E-state index in [2.05, 4.69) is 5.32 Å². The zero-order chi connectivity index (χ0) is 28.7. The number of hydrogen-bond donors (Lipinski definition) is 1. The van der Waals surface area contributed by atoms with Gasteiger partial charge in [-0.15, -0.1) is 0 Å². The van der Waals surface area contributed by atoms with Crippen LogP contribution in [-0.2, 0) is 26.2 Å². The highest BCUT2D eigenvalue weighted by Crippen LogP contribution is 2.29. The van der Waals surface area contributed by atoms with Crippen LogP contribution in [0.5, 0.6) is 0 Å². The van der Waals surface area contributed by atoms with Gasteiger partial charge in [-0.2, -0.15) is 0 Å². The molecule has 208 valence electrons. The summed E-state index contributed by atoms with van der Waals surface area (Å²) in [6.45, 7) is 4.75.